The van der Waals surface area contributed by atoms with Crippen LogP contribution in [0.1, 0.15) is 46.9 Å². The molecule has 2 saturated heterocycles. The second-order valence-corrected chi connectivity index (χ2v) is 8.15. The number of benzene rings is 2. The smallest absolute Gasteiger partial charge is 0.338 e. The first kappa shape index (κ1) is 23.6. The average molecular weight is 468 g/mol. The van der Waals surface area contributed by atoms with E-state index in [1.807, 2.05) is 0 Å². The zero-order valence-electron chi connectivity index (χ0n) is 18.7. The van der Waals surface area contributed by atoms with Crippen molar-refractivity contribution in [2.45, 2.75) is 38.3 Å². The summed E-state index contributed by atoms with van der Waals surface area (Å²) in [6.45, 7) is 2.65. The molecule has 2 fully saturated rings. The number of carbonyl (C=O) groups is 4. The highest BCUT2D eigenvalue weighted by Gasteiger charge is 2.45. The van der Waals surface area contributed by atoms with Gasteiger partial charge in [0.1, 0.15) is 11.9 Å². The number of halogens is 1. The summed E-state index contributed by atoms with van der Waals surface area (Å²) in [5.41, 5.74) is 0.821. The second kappa shape index (κ2) is 10.1. The fourth-order valence-corrected chi connectivity index (χ4v) is 4.21. The number of rotatable bonds is 7. The maximum atomic E-state index is 13.4. The fourth-order valence-electron chi connectivity index (χ4n) is 4.21. The van der Waals surface area contributed by atoms with Crippen molar-refractivity contribution in [2.75, 3.05) is 24.7 Å². The zero-order chi connectivity index (χ0) is 24.2. The number of ether oxygens (including phenoxy) is 2. The van der Waals surface area contributed by atoms with Gasteiger partial charge in [-0.05, 0) is 68.3 Å². The third-order valence-electron chi connectivity index (χ3n) is 5.91. The summed E-state index contributed by atoms with van der Waals surface area (Å²) in [6.07, 6.45) is 1.16. The SMILES string of the molecule is CCOC(=O)c1ccc(N2C(=O)CC(N(CC3CCCO3)C(=O)c3ccc(F)cc3)C2=O)cc1. The van der Waals surface area contributed by atoms with Gasteiger partial charge in [-0.15, -0.1) is 0 Å². The van der Waals surface area contributed by atoms with Gasteiger partial charge in [-0.1, -0.05) is 0 Å². The quantitative estimate of drug-likeness (QED) is 0.458. The van der Waals surface area contributed by atoms with E-state index in [0.29, 0.717) is 17.9 Å². The Morgan fingerprint density at radius 2 is 1.76 bits per heavy atom. The molecule has 0 radical (unpaired) electrons. The number of esters is 1. The van der Waals surface area contributed by atoms with Crippen molar-refractivity contribution in [3.05, 3.63) is 65.5 Å². The minimum absolute atomic E-state index is 0.148. The van der Waals surface area contributed by atoms with Crippen molar-refractivity contribution in [3.8, 4) is 0 Å². The first-order valence-corrected chi connectivity index (χ1v) is 11.2. The van der Waals surface area contributed by atoms with Gasteiger partial charge >= 0.3 is 5.97 Å². The highest BCUT2D eigenvalue weighted by Crippen LogP contribution is 2.28. The van der Waals surface area contributed by atoms with E-state index >= 15 is 0 Å². The van der Waals surface area contributed by atoms with Crippen LogP contribution < -0.4 is 4.90 Å². The van der Waals surface area contributed by atoms with Crippen molar-refractivity contribution in [1.82, 2.24) is 4.90 Å². The van der Waals surface area contributed by atoms with Crippen LogP contribution in [-0.4, -0.2) is 60.5 Å². The summed E-state index contributed by atoms with van der Waals surface area (Å²) in [4.78, 5) is 53.8. The molecule has 2 atom stereocenters. The molecule has 8 nitrogen and oxygen atoms in total. The lowest BCUT2D eigenvalue weighted by Crippen LogP contribution is -2.48. The predicted molar refractivity (Wildman–Crippen MR) is 120 cm³/mol. The van der Waals surface area contributed by atoms with E-state index in [2.05, 4.69) is 0 Å². The van der Waals surface area contributed by atoms with Gasteiger partial charge in [-0.2, -0.15) is 0 Å². The van der Waals surface area contributed by atoms with Crippen molar-refractivity contribution in [3.63, 3.8) is 0 Å². The molecule has 0 N–H and O–H groups in total. The number of hydrogen-bond acceptors (Lipinski definition) is 6. The molecule has 0 aliphatic carbocycles. The number of amides is 3. The normalized spacial score (nSPS) is 20.0. The third-order valence-corrected chi connectivity index (χ3v) is 5.91. The van der Waals surface area contributed by atoms with E-state index in [-0.39, 0.29) is 31.2 Å². The highest BCUT2D eigenvalue weighted by molar-refractivity contribution is 6.23. The first-order chi connectivity index (χ1) is 16.4. The fraction of sp³-hybridized carbons (Fsp3) is 0.360. The van der Waals surface area contributed by atoms with Crippen LogP contribution in [0.4, 0.5) is 10.1 Å². The van der Waals surface area contributed by atoms with Crippen molar-refractivity contribution in [1.29, 1.82) is 0 Å². The second-order valence-electron chi connectivity index (χ2n) is 8.15. The Morgan fingerprint density at radius 3 is 2.38 bits per heavy atom. The van der Waals surface area contributed by atoms with Gasteiger partial charge in [0.2, 0.25) is 5.91 Å². The van der Waals surface area contributed by atoms with Gasteiger partial charge in [0.05, 0.1) is 30.4 Å². The van der Waals surface area contributed by atoms with E-state index in [1.54, 1.807) is 6.92 Å². The summed E-state index contributed by atoms with van der Waals surface area (Å²) in [6, 6.07) is 10.0. The van der Waals surface area contributed by atoms with Gasteiger partial charge in [-0.3, -0.25) is 14.4 Å². The van der Waals surface area contributed by atoms with E-state index in [0.717, 1.165) is 17.7 Å². The third kappa shape index (κ3) is 4.84. The van der Waals surface area contributed by atoms with E-state index in [9.17, 15) is 23.6 Å². The molecule has 2 aromatic carbocycles. The Hall–Kier alpha value is -3.59. The number of hydrogen-bond donors (Lipinski definition) is 0. The Labute approximate surface area is 196 Å². The number of carbonyl (C=O) groups excluding carboxylic acids is 4. The monoisotopic (exact) mass is 468 g/mol. The van der Waals surface area contributed by atoms with Crippen LogP contribution >= 0.6 is 0 Å². The van der Waals surface area contributed by atoms with Crippen LogP contribution in [0.3, 0.4) is 0 Å². The topological polar surface area (TPSA) is 93.2 Å². The lowest BCUT2D eigenvalue weighted by atomic mass is 10.1. The number of anilines is 1. The lowest BCUT2D eigenvalue weighted by molar-refractivity contribution is -0.122. The lowest BCUT2D eigenvalue weighted by Gasteiger charge is -2.30. The Morgan fingerprint density at radius 1 is 1.09 bits per heavy atom. The predicted octanol–water partition coefficient (Wildman–Crippen LogP) is 2.96. The molecule has 0 saturated carbocycles. The molecule has 178 valence electrons. The van der Waals surface area contributed by atoms with Crippen LogP contribution in [0.2, 0.25) is 0 Å². The molecule has 0 bridgehead atoms. The molecule has 2 aliphatic heterocycles. The summed E-state index contributed by atoms with van der Waals surface area (Å²) in [5, 5.41) is 0. The molecule has 0 aromatic heterocycles. The molecule has 34 heavy (non-hydrogen) atoms. The van der Waals surface area contributed by atoms with E-state index < -0.39 is 35.5 Å². The van der Waals surface area contributed by atoms with Crippen LogP contribution in [-0.2, 0) is 19.1 Å². The largest absolute Gasteiger partial charge is 0.462 e. The summed E-state index contributed by atoms with van der Waals surface area (Å²) >= 11 is 0. The minimum Gasteiger partial charge on any atom is -0.462 e. The molecule has 2 heterocycles. The Kier molecular flexibility index (Phi) is 7.02. The summed E-state index contributed by atoms with van der Waals surface area (Å²) in [5.74, 6) is -2.45. The first-order valence-electron chi connectivity index (χ1n) is 11.2. The molecule has 3 amide bonds. The van der Waals surface area contributed by atoms with Gasteiger partial charge in [0, 0.05) is 18.7 Å². The molecule has 2 unspecified atom stereocenters. The van der Waals surface area contributed by atoms with Crippen LogP contribution in [0.5, 0.6) is 0 Å². The highest BCUT2D eigenvalue weighted by atomic mass is 19.1. The van der Waals surface area contributed by atoms with Crippen LogP contribution in [0.25, 0.3) is 0 Å². The molecular formula is C25H25FN2O6. The van der Waals surface area contributed by atoms with Crippen LogP contribution in [0, 0.1) is 5.82 Å². The molecule has 9 heteroatoms. The average Bonchev–Trinajstić information content (AvgIpc) is 3.45. The Balaban J connectivity index is 1.59. The minimum atomic E-state index is -1.01. The van der Waals surface area contributed by atoms with E-state index in [4.69, 9.17) is 9.47 Å². The van der Waals surface area contributed by atoms with Gasteiger partial charge in [0.25, 0.3) is 11.8 Å². The maximum absolute atomic E-state index is 13.4. The molecule has 2 aromatic rings. The standard InChI is InChI=1S/C25H25FN2O6/c1-2-33-25(32)17-7-11-19(12-8-17)28-22(29)14-21(24(28)31)27(15-20-4-3-13-34-20)23(30)16-5-9-18(26)10-6-16/h5-12,20-21H,2-4,13-15H2,1H3. The summed E-state index contributed by atoms with van der Waals surface area (Å²) in [7, 11) is 0. The molecular weight excluding hydrogens is 443 g/mol. The van der Waals surface area contributed by atoms with Gasteiger partial charge < -0.3 is 14.4 Å². The zero-order valence-corrected chi connectivity index (χ0v) is 18.7. The van der Waals surface area contributed by atoms with Crippen LogP contribution in [0.15, 0.2) is 48.5 Å². The Bertz CT molecular complexity index is 1080. The number of imide groups is 1. The van der Waals surface area contributed by atoms with Crippen molar-refractivity contribution < 1.29 is 33.0 Å². The molecule has 4 rings (SSSR count). The molecule has 0 spiro atoms. The summed E-state index contributed by atoms with van der Waals surface area (Å²) < 4.78 is 24.0. The molecule has 2 aliphatic rings. The van der Waals surface area contributed by atoms with Crippen molar-refractivity contribution >= 4 is 29.4 Å². The van der Waals surface area contributed by atoms with Crippen molar-refractivity contribution in [2.24, 2.45) is 0 Å². The van der Waals surface area contributed by atoms with E-state index in [1.165, 1.54) is 53.4 Å². The number of nitrogens with zero attached hydrogens (tertiary/aromatic N) is 2. The van der Waals surface area contributed by atoms with Gasteiger partial charge in [-0.25, -0.2) is 14.1 Å². The maximum Gasteiger partial charge on any atom is 0.338 e. The van der Waals surface area contributed by atoms with Gasteiger partial charge in [0.15, 0.2) is 0 Å².